The van der Waals surface area contributed by atoms with Crippen molar-refractivity contribution in [3.63, 3.8) is 0 Å². The summed E-state index contributed by atoms with van der Waals surface area (Å²) in [6, 6.07) is 0. The number of likely N-dealkylation sites (tertiary alicyclic amines) is 1. The highest BCUT2D eigenvalue weighted by Crippen LogP contribution is 2.08. The molecule has 1 N–H and O–H groups in total. The van der Waals surface area contributed by atoms with Gasteiger partial charge in [0.15, 0.2) is 0 Å². The molecule has 0 aromatic carbocycles. The summed E-state index contributed by atoms with van der Waals surface area (Å²) in [5, 5.41) is 3.03. The van der Waals surface area contributed by atoms with Gasteiger partial charge in [0.25, 0.3) is 0 Å². The molecule has 15 heavy (non-hydrogen) atoms. The number of aryl methyl sites for hydroxylation is 1. The quantitative estimate of drug-likeness (QED) is 0.785. The molecule has 0 bridgehead atoms. The molecule has 1 aromatic rings. The lowest BCUT2D eigenvalue weighted by molar-refractivity contribution is -0.128. The summed E-state index contributed by atoms with van der Waals surface area (Å²) in [6.07, 6.45) is 5.83. The first-order valence-electron chi connectivity index (χ1n) is 5.26. The van der Waals surface area contributed by atoms with Gasteiger partial charge in [-0.25, -0.2) is 4.98 Å². The molecular formula is C10H16N4O. The Hall–Kier alpha value is -1.52. The van der Waals surface area contributed by atoms with Crippen LogP contribution in [-0.4, -0.2) is 40.0 Å². The van der Waals surface area contributed by atoms with E-state index < -0.39 is 0 Å². The number of hydrogen-bond donors (Lipinski definition) is 1. The molecule has 1 aliphatic heterocycles. The number of nitrogens with one attached hydrogen (secondary N) is 1. The molecule has 5 nitrogen and oxygen atoms in total. The van der Waals surface area contributed by atoms with Gasteiger partial charge in [0.05, 0.1) is 6.54 Å². The normalized spacial score (nSPS) is 15.7. The highest BCUT2D eigenvalue weighted by Gasteiger charge is 2.17. The van der Waals surface area contributed by atoms with E-state index in [0.29, 0.717) is 6.54 Å². The zero-order chi connectivity index (χ0) is 10.7. The lowest BCUT2D eigenvalue weighted by Gasteiger charge is -2.15. The lowest BCUT2D eigenvalue weighted by atomic mass is 10.4. The summed E-state index contributed by atoms with van der Waals surface area (Å²) < 4.78 is 1.86. The van der Waals surface area contributed by atoms with Crippen molar-refractivity contribution < 1.29 is 4.79 Å². The molecule has 1 saturated heterocycles. The molecule has 1 fully saturated rings. The Morgan fingerprint density at radius 3 is 2.87 bits per heavy atom. The SMILES string of the molecule is Cn1ccnc1NCC(=O)N1CCCC1. The molecule has 2 rings (SSSR count). The molecule has 2 heterocycles. The summed E-state index contributed by atoms with van der Waals surface area (Å²) in [4.78, 5) is 17.7. The molecule has 0 spiro atoms. The summed E-state index contributed by atoms with van der Waals surface area (Å²) in [5.41, 5.74) is 0. The number of carbonyl (C=O) groups is 1. The largest absolute Gasteiger partial charge is 0.347 e. The van der Waals surface area contributed by atoms with Gasteiger partial charge in [-0.1, -0.05) is 0 Å². The van der Waals surface area contributed by atoms with Crippen LogP contribution >= 0.6 is 0 Å². The van der Waals surface area contributed by atoms with Gasteiger partial charge in [-0.3, -0.25) is 4.79 Å². The molecule has 0 aliphatic carbocycles. The minimum Gasteiger partial charge on any atom is -0.347 e. The van der Waals surface area contributed by atoms with Gasteiger partial charge < -0.3 is 14.8 Å². The maximum atomic E-state index is 11.7. The topological polar surface area (TPSA) is 50.2 Å². The maximum absolute atomic E-state index is 11.7. The first-order chi connectivity index (χ1) is 7.27. The van der Waals surface area contributed by atoms with E-state index in [1.807, 2.05) is 22.7 Å². The number of rotatable bonds is 3. The van der Waals surface area contributed by atoms with Crippen LogP contribution in [0.25, 0.3) is 0 Å². The van der Waals surface area contributed by atoms with Crippen molar-refractivity contribution in [3.8, 4) is 0 Å². The van der Waals surface area contributed by atoms with Crippen LogP contribution in [-0.2, 0) is 11.8 Å². The molecule has 5 heteroatoms. The maximum Gasteiger partial charge on any atom is 0.241 e. The van der Waals surface area contributed by atoms with Crippen LogP contribution in [0.4, 0.5) is 5.95 Å². The monoisotopic (exact) mass is 208 g/mol. The van der Waals surface area contributed by atoms with E-state index in [2.05, 4.69) is 10.3 Å². The average molecular weight is 208 g/mol. The highest BCUT2D eigenvalue weighted by molar-refractivity contribution is 5.80. The minimum atomic E-state index is 0.163. The van der Waals surface area contributed by atoms with Gasteiger partial charge in [-0.2, -0.15) is 0 Å². The van der Waals surface area contributed by atoms with Gasteiger partial charge in [-0.15, -0.1) is 0 Å². The Balaban J connectivity index is 1.83. The second kappa shape index (κ2) is 4.33. The molecule has 0 atom stereocenters. The molecule has 0 saturated carbocycles. The number of imidazole rings is 1. The van der Waals surface area contributed by atoms with Crippen molar-refractivity contribution in [2.45, 2.75) is 12.8 Å². The van der Waals surface area contributed by atoms with Crippen LogP contribution in [0.2, 0.25) is 0 Å². The molecule has 0 unspecified atom stereocenters. The third-order valence-corrected chi connectivity index (χ3v) is 2.68. The third kappa shape index (κ3) is 2.29. The zero-order valence-electron chi connectivity index (χ0n) is 8.94. The van der Waals surface area contributed by atoms with Crippen molar-refractivity contribution in [2.75, 3.05) is 25.0 Å². The number of amides is 1. The number of nitrogens with zero attached hydrogens (tertiary/aromatic N) is 3. The fourth-order valence-electron chi connectivity index (χ4n) is 1.77. The third-order valence-electron chi connectivity index (χ3n) is 2.68. The van der Waals surface area contributed by atoms with E-state index >= 15 is 0 Å². The van der Waals surface area contributed by atoms with E-state index in [-0.39, 0.29) is 5.91 Å². The molecule has 1 amide bonds. The number of anilines is 1. The fourth-order valence-corrected chi connectivity index (χ4v) is 1.77. The van der Waals surface area contributed by atoms with E-state index in [0.717, 1.165) is 31.9 Å². The van der Waals surface area contributed by atoms with E-state index in [1.165, 1.54) is 0 Å². The van der Waals surface area contributed by atoms with Crippen LogP contribution in [0, 0.1) is 0 Å². The molecule has 1 aromatic heterocycles. The second-order valence-electron chi connectivity index (χ2n) is 3.80. The van der Waals surface area contributed by atoms with Gasteiger partial charge >= 0.3 is 0 Å². The van der Waals surface area contributed by atoms with Crippen molar-refractivity contribution >= 4 is 11.9 Å². The number of aromatic nitrogens is 2. The number of hydrogen-bond acceptors (Lipinski definition) is 3. The Morgan fingerprint density at radius 2 is 2.27 bits per heavy atom. The van der Waals surface area contributed by atoms with Crippen molar-refractivity contribution in [1.82, 2.24) is 14.5 Å². The predicted octanol–water partition coefficient (Wildman–Crippen LogP) is 0.454. The summed E-state index contributed by atoms with van der Waals surface area (Å²) in [5.74, 6) is 0.901. The van der Waals surface area contributed by atoms with Crippen molar-refractivity contribution in [1.29, 1.82) is 0 Å². The van der Waals surface area contributed by atoms with Gasteiger partial charge in [-0.05, 0) is 12.8 Å². The van der Waals surface area contributed by atoms with E-state index in [9.17, 15) is 4.79 Å². The van der Waals surface area contributed by atoms with Gasteiger partial charge in [0, 0.05) is 32.5 Å². The molecule has 1 aliphatic rings. The van der Waals surface area contributed by atoms with Gasteiger partial charge in [0.1, 0.15) is 0 Å². The first-order valence-corrected chi connectivity index (χ1v) is 5.26. The van der Waals surface area contributed by atoms with Crippen LogP contribution in [0.3, 0.4) is 0 Å². The van der Waals surface area contributed by atoms with Crippen molar-refractivity contribution in [2.24, 2.45) is 7.05 Å². The van der Waals surface area contributed by atoms with Crippen LogP contribution in [0.1, 0.15) is 12.8 Å². The molecular weight excluding hydrogens is 192 g/mol. The molecule has 0 radical (unpaired) electrons. The Kier molecular flexibility index (Phi) is 2.89. The lowest BCUT2D eigenvalue weighted by Crippen LogP contribution is -2.33. The fraction of sp³-hybridized carbons (Fsp3) is 0.600. The van der Waals surface area contributed by atoms with Gasteiger partial charge in [0.2, 0.25) is 11.9 Å². The van der Waals surface area contributed by atoms with Crippen LogP contribution in [0.15, 0.2) is 12.4 Å². The summed E-state index contributed by atoms with van der Waals surface area (Å²) >= 11 is 0. The van der Waals surface area contributed by atoms with E-state index in [4.69, 9.17) is 0 Å². The Labute approximate surface area is 89.1 Å². The smallest absolute Gasteiger partial charge is 0.241 e. The van der Waals surface area contributed by atoms with Crippen LogP contribution in [0.5, 0.6) is 0 Å². The van der Waals surface area contributed by atoms with Crippen molar-refractivity contribution in [3.05, 3.63) is 12.4 Å². The standard InChI is InChI=1S/C10H16N4O/c1-13-7-4-11-10(13)12-8-9(15)14-5-2-3-6-14/h4,7H,2-3,5-6,8H2,1H3,(H,11,12). The second-order valence-corrected chi connectivity index (χ2v) is 3.80. The number of carbonyl (C=O) groups excluding carboxylic acids is 1. The summed E-state index contributed by atoms with van der Waals surface area (Å²) in [7, 11) is 1.90. The molecule has 82 valence electrons. The summed E-state index contributed by atoms with van der Waals surface area (Å²) in [6.45, 7) is 2.15. The zero-order valence-corrected chi connectivity index (χ0v) is 8.94. The van der Waals surface area contributed by atoms with Crippen LogP contribution < -0.4 is 5.32 Å². The minimum absolute atomic E-state index is 0.163. The van der Waals surface area contributed by atoms with E-state index in [1.54, 1.807) is 6.20 Å². The Morgan fingerprint density at radius 1 is 1.53 bits per heavy atom. The highest BCUT2D eigenvalue weighted by atomic mass is 16.2. The first kappa shape index (κ1) is 10.0. The predicted molar refractivity (Wildman–Crippen MR) is 57.5 cm³/mol. The average Bonchev–Trinajstić information content (AvgIpc) is 2.85. The Bertz CT molecular complexity index is 341.